The number of rotatable bonds is 19. The highest BCUT2D eigenvalue weighted by molar-refractivity contribution is 6.03. The van der Waals surface area contributed by atoms with E-state index in [1.807, 2.05) is 13.8 Å². The summed E-state index contributed by atoms with van der Waals surface area (Å²) in [6.07, 6.45) is 1.82. The molecule has 2 aromatic carbocycles. The van der Waals surface area contributed by atoms with Crippen LogP contribution in [0.4, 0.5) is 11.4 Å². The highest BCUT2D eigenvalue weighted by atomic mass is 16.6. The minimum atomic E-state index is -0.957. The lowest BCUT2D eigenvalue weighted by atomic mass is 10.1. The van der Waals surface area contributed by atoms with Crippen molar-refractivity contribution in [2.24, 2.45) is 11.5 Å². The summed E-state index contributed by atoms with van der Waals surface area (Å²) in [6, 6.07) is 5.40. The molecule has 0 atom stereocenters. The molecule has 250 valence electrons. The molecule has 0 saturated carbocycles. The molecular formula is C29H42N4O12. The summed E-state index contributed by atoms with van der Waals surface area (Å²) in [7, 11) is 1.34. The third-order valence-corrected chi connectivity index (χ3v) is 5.42. The molecule has 3 amide bonds. The molecule has 0 saturated heterocycles. The topological polar surface area (TPSA) is 254 Å². The van der Waals surface area contributed by atoms with Crippen LogP contribution in [0, 0.1) is 0 Å². The van der Waals surface area contributed by atoms with Crippen LogP contribution in [-0.4, -0.2) is 93.9 Å². The molecule has 2 aromatic rings. The van der Waals surface area contributed by atoms with E-state index in [1.54, 1.807) is 0 Å². The fraction of sp³-hybridized carbons (Fsp3) is 0.448. The van der Waals surface area contributed by atoms with Crippen LogP contribution < -0.4 is 32.0 Å². The van der Waals surface area contributed by atoms with Gasteiger partial charge in [-0.1, -0.05) is 13.8 Å². The SMILES string of the molecule is CCCOCCOCC(=O)Nc1ccc(OC)c(C(N)=O)c1O.CCCOCCOCC(=O)Oc1ccc(N)c(O)c1C(N)=O. The molecule has 0 spiro atoms. The maximum atomic E-state index is 11.8. The van der Waals surface area contributed by atoms with Gasteiger partial charge in [0, 0.05) is 13.2 Å². The van der Waals surface area contributed by atoms with Crippen LogP contribution >= 0.6 is 0 Å². The molecule has 0 aliphatic heterocycles. The van der Waals surface area contributed by atoms with E-state index in [4.69, 9.17) is 45.6 Å². The molecule has 16 nitrogen and oxygen atoms in total. The third-order valence-electron chi connectivity index (χ3n) is 5.42. The summed E-state index contributed by atoms with van der Waals surface area (Å²) in [6.45, 7) is 6.03. The quantitative estimate of drug-likeness (QED) is 0.0418. The molecule has 0 aliphatic rings. The first-order chi connectivity index (χ1) is 21.5. The normalized spacial score (nSPS) is 10.4. The number of benzene rings is 2. The molecule has 0 fully saturated rings. The predicted molar refractivity (Wildman–Crippen MR) is 162 cm³/mol. The number of phenols is 2. The maximum Gasteiger partial charge on any atom is 0.337 e. The van der Waals surface area contributed by atoms with E-state index in [9.17, 15) is 29.4 Å². The minimum Gasteiger partial charge on any atom is -0.505 e. The number of hydrogen-bond acceptors (Lipinski definition) is 13. The standard InChI is InChI=1S/C15H22N2O6.C14H20N2O6/c1-3-6-22-7-8-23-9-12(18)17-10-4-5-11(21-2)13(14(10)19)15(16)20;1-2-5-20-6-7-21-8-11(17)22-10-4-3-9(15)13(18)12(10)14(16)19/h4-5,19H,3,6-9H2,1-2H3,(H2,16,20)(H,17,18);3-4,18H,2,5-8,15H2,1H3,(H2,16,19). The Hall–Kier alpha value is -4.64. The van der Waals surface area contributed by atoms with E-state index in [0.29, 0.717) is 26.4 Å². The lowest BCUT2D eigenvalue weighted by Crippen LogP contribution is -2.21. The molecule has 45 heavy (non-hydrogen) atoms. The van der Waals surface area contributed by atoms with Crippen molar-refractivity contribution in [2.75, 3.05) is 71.0 Å². The molecule has 9 N–H and O–H groups in total. The van der Waals surface area contributed by atoms with Crippen molar-refractivity contribution in [1.82, 2.24) is 0 Å². The van der Waals surface area contributed by atoms with Crippen molar-refractivity contribution in [1.29, 1.82) is 0 Å². The Balaban J connectivity index is 0.000000450. The lowest BCUT2D eigenvalue weighted by Gasteiger charge is -2.13. The van der Waals surface area contributed by atoms with Crippen LogP contribution in [-0.2, 0) is 28.5 Å². The number of anilines is 2. The predicted octanol–water partition coefficient (Wildman–Crippen LogP) is 1.30. The Kier molecular flexibility index (Phi) is 18.0. The second-order valence-electron chi connectivity index (χ2n) is 9.00. The molecule has 0 bridgehead atoms. The summed E-state index contributed by atoms with van der Waals surface area (Å²) >= 11 is 0. The highest BCUT2D eigenvalue weighted by Crippen LogP contribution is 2.34. The average molecular weight is 639 g/mol. The van der Waals surface area contributed by atoms with Crippen LogP contribution in [0.15, 0.2) is 24.3 Å². The smallest absolute Gasteiger partial charge is 0.337 e. The van der Waals surface area contributed by atoms with Gasteiger partial charge in [0.25, 0.3) is 11.8 Å². The highest BCUT2D eigenvalue weighted by Gasteiger charge is 2.20. The number of amides is 3. The number of hydrogen-bond donors (Lipinski definition) is 6. The fourth-order valence-corrected chi connectivity index (χ4v) is 3.38. The maximum absolute atomic E-state index is 11.8. The van der Waals surface area contributed by atoms with Gasteiger partial charge in [0.05, 0.1) is 44.9 Å². The van der Waals surface area contributed by atoms with Gasteiger partial charge in [0.1, 0.15) is 35.8 Å². The van der Waals surface area contributed by atoms with Crippen LogP contribution in [0.25, 0.3) is 0 Å². The number of primary amides is 2. The van der Waals surface area contributed by atoms with Crippen molar-refractivity contribution in [3.05, 3.63) is 35.4 Å². The summed E-state index contributed by atoms with van der Waals surface area (Å²) in [5, 5.41) is 22.2. The van der Waals surface area contributed by atoms with Crippen molar-refractivity contribution >= 4 is 35.1 Å². The zero-order chi connectivity index (χ0) is 33.8. The minimum absolute atomic E-state index is 0.0436. The number of carbonyl (C=O) groups is 4. The van der Waals surface area contributed by atoms with Gasteiger partial charge >= 0.3 is 5.97 Å². The number of carbonyl (C=O) groups excluding carboxylic acids is 4. The molecular weight excluding hydrogens is 596 g/mol. The molecule has 0 radical (unpaired) electrons. The third kappa shape index (κ3) is 13.7. The van der Waals surface area contributed by atoms with E-state index in [1.165, 1.54) is 31.4 Å². The second-order valence-corrected chi connectivity index (χ2v) is 9.00. The van der Waals surface area contributed by atoms with Crippen molar-refractivity contribution < 1.29 is 57.8 Å². The van der Waals surface area contributed by atoms with Gasteiger partial charge in [-0.2, -0.15) is 0 Å². The van der Waals surface area contributed by atoms with Crippen LogP contribution in [0.3, 0.4) is 0 Å². The average Bonchev–Trinajstić information content (AvgIpc) is 2.99. The van der Waals surface area contributed by atoms with Gasteiger partial charge in [-0.25, -0.2) is 4.79 Å². The van der Waals surface area contributed by atoms with Gasteiger partial charge in [0.15, 0.2) is 11.5 Å². The van der Waals surface area contributed by atoms with E-state index >= 15 is 0 Å². The van der Waals surface area contributed by atoms with E-state index in [-0.39, 0.29) is 60.4 Å². The monoisotopic (exact) mass is 638 g/mol. The Morgan fingerprint density at radius 3 is 1.76 bits per heavy atom. The van der Waals surface area contributed by atoms with Gasteiger partial charge in [0.2, 0.25) is 5.91 Å². The largest absolute Gasteiger partial charge is 0.505 e. The number of aromatic hydroxyl groups is 2. The van der Waals surface area contributed by atoms with Gasteiger partial charge in [-0.15, -0.1) is 0 Å². The fourth-order valence-electron chi connectivity index (χ4n) is 3.38. The number of nitrogen functional groups attached to an aromatic ring is 1. The Labute approximate surface area is 260 Å². The Bertz CT molecular complexity index is 1270. The van der Waals surface area contributed by atoms with E-state index in [0.717, 1.165) is 12.8 Å². The van der Waals surface area contributed by atoms with Crippen LogP contribution in [0.5, 0.6) is 23.0 Å². The summed E-state index contributed by atoms with van der Waals surface area (Å²) < 4.78 is 30.5. The summed E-state index contributed by atoms with van der Waals surface area (Å²) in [4.78, 5) is 46.0. The number of nitrogens with two attached hydrogens (primary N) is 3. The number of methoxy groups -OCH3 is 1. The van der Waals surface area contributed by atoms with Crippen molar-refractivity contribution in [3.8, 4) is 23.0 Å². The Morgan fingerprint density at radius 1 is 0.711 bits per heavy atom. The first-order valence-corrected chi connectivity index (χ1v) is 13.9. The van der Waals surface area contributed by atoms with Crippen LogP contribution in [0.2, 0.25) is 0 Å². The molecule has 0 unspecified atom stereocenters. The van der Waals surface area contributed by atoms with Gasteiger partial charge in [-0.05, 0) is 37.1 Å². The molecule has 0 aliphatic carbocycles. The summed E-state index contributed by atoms with van der Waals surface area (Å²) in [5.74, 6) is -4.05. The zero-order valence-corrected chi connectivity index (χ0v) is 25.6. The summed E-state index contributed by atoms with van der Waals surface area (Å²) in [5.41, 5.74) is 15.3. The van der Waals surface area contributed by atoms with E-state index in [2.05, 4.69) is 5.32 Å². The number of ether oxygens (including phenoxy) is 6. The molecule has 16 heteroatoms. The number of nitrogens with one attached hydrogen (secondary N) is 1. The van der Waals surface area contributed by atoms with E-state index < -0.39 is 35.2 Å². The molecule has 2 rings (SSSR count). The molecule has 0 aromatic heterocycles. The van der Waals surface area contributed by atoms with Crippen molar-refractivity contribution in [2.45, 2.75) is 26.7 Å². The zero-order valence-electron chi connectivity index (χ0n) is 25.6. The first kappa shape index (κ1) is 38.4. The van der Waals surface area contributed by atoms with Crippen molar-refractivity contribution in [3.63, 3.8) is 0 Å². The second kappa shape index (κ2) is 21.1. The molecule has 0 heterocycles. The lowest BCUT2D eigenvalue weighted by molar-refractivity contribution is -0.140. The number of esters is 1. The Morgan fingerprint density at radius 2 is 1.22 bits per heavy atom. The van der Waals surface area contributed by atoms with Gasteiger partial charge < -0.3 is 61.2 Å². The van der Waals surface area contributed by atoms with Gasteiger partial charge in [-0.3, -0.25) is 14.4 Å². The van der Waals surface area contributed by atoms with Crippen LogP contribution in [0.1, 0.15) is 47.4 Å². The first-order valence-electron chi connectivity index (χ1n) is 13.9.